The minimum absolute atomic E-state index is 0. The van der Waals surface area contributed by atoms with Crippen molar-refractivity contribution in [2.45, 2.75) is 18.7 Å². The second-order valence-electron chi connectivity index (χ2n) is 8.89. The Kier molecular flexibility index (Phi) is 10.6. The summed E-state index contributed by atoms with van der Waals surface area (Å²) >= 11 is 12.4. The van der Waals surface area contributed by atoms with Gasteiger partial charge in [-0.25, -0.2) is 4.68 Å². The average molecular weight is 662 g/mol. The van der Waals surface area contributed by atoms with E-state index in [1.165, 1.54) is 12.1 Å². The van der Waals surface area contributed by atoms with Crippen LogP contribution >= 0.6 is 23.2 Å². The van der Waals surface area contributed by atoms with Gasteiger partial charge in [0.05, 0.1) is 16.4 Å². The number of aryl methyl sites for hydroxylation is 1. The number of hydrogen-bond donors (Lipinski definition) is 2. The van der Waals surface area contributed by atoms with E-state index in [0.717, 1.165) is 16.4 Å². The molecule has 5 rings (SSSR count). The fourth-order valence-corrected chi connectivity index (χ4v) is 5.06. The molecule has 0 atom stereocenters. The summed E-state index contributed by atoms with van der Waals surface area (Å²) in [5.74, 6) is -0.284. The van der Waals surface area contributed by atoms with E-state index in [0.29, 0.717) is 17.3 Å². The quantitative estimate of drug-likeness (QED) is 0.135. The first-order valence-electron chi connectivity index (χ1n) is 12.6. The summed E-state index contributed by atoms with van der Waals surface area (Å²) in [7, 11) is -4.72. The van der Waals surface area contributed by atoms with Gasteiger partial charge in [-0.2, -0.15) is 28.5 Å². The van der Waals surface area contributed by atoms with E-state index in [4.69, 9.17) is 23.2 Å². The van der Waals surface area contributed by atoms with E-state index in [1.54, 1.807) is 31.2 Å². The molecule has 0 unspecified atom stereocenters. The maximum absolute atomic E-state index is 13.1. The molecule has 13 nitrogen and oxygen atoms in total. The minimum atomic E-state index is -4.72. The molecule has 44 heavy (non-hydrogen) atoms. The van der Waals surface area contributed by atoms with Gasteiger partial charge in [0.2, 0.25) is 17.2 Å². The van der Waals surface area contributed by atoms with E-state index in [9.17, 15) is 18.1 Å². The van der Waals surface area contributed by atoms with Crippen LogP contribution in [-0.4, -0.2) is 44.2 Å². The molecule has 0 bridgehead atoms. The second kappa shape index (κ2) is 14.0. The van der Waals surface area contributed by atoms with Crippen LogP contribution in [0.2, 0.25) is 10.3 Å². The number of benzene rings is 3. The van der Waals surface area contributed by atoms with Crippen LogP contribution in [0.3, 0.4) is 0 Å². The maximum Gasteiger partial charge on any atom is 1.00 e. The van der Waals surface area contributed by atoms with Crippen LogP contribution in [0.25, 0.3) is 5.69 Å². The number of para-hydroxylation sites is 2. The van der Waals surface area contributed by atoms with Crippen LogP contribution in [-0.2, 0) is 10.1 Å². The zero-order chi connectivity index (χ0) is 30.7. The van der Waals surface area contributed by atoms with Crippen LogP contribution in [0.1, 0.15) is 12.6 Å². The molecule has 3 aromatic carbocycles. The van der Waals surface area contributed by atoms with Gasteiger partial charge in [0, 0.05) is 23.8 Å². The van der Waals surface area contributed by atoms with E-state index in [-0.39, 0.29) is 69.5 Å². The minimum Gasteiger partial charge on any atom is -0.857 e. The molecular formula is C27H22Cl2N9NaO4S. The number of anilines is 4. The molecule has 0 aliphatic heterocycles. The Hall–Kier alpha value is -3.63. The van der Waals surface area contributed by atoms with Gasteiger partial charge in [-0.1, -0.05) is 41.9 Å². The first-order chi connectivity index (χ1) is 20.5. The molecule has 2 heterocycles. The van der Waals surface area contributed by atoms with Crippen molar-refractivity contribution in [3.8, 4) is 11.6 Å². The fraction of sp³-hybridized carbons (Fsp3) is 0.111. The first kappa shape index (κ1) is 33.3. The molecule has 0 aliphatic carbocycles. The van der Waals surface area contributed by atoms with Crippen molar-refractivity contribution in [1.82, 2.24) is 24.7 Å². The number of nitrogens with zero attached hydrogens (tertiary/aromatic N) is 8. The van der Waals surface area contributed by atoms with Gasteiger partial charge >= 0.3 is 29.6 Å². The van der Waals surface area contributed by atoms with Crippen LogP contribution < -0.4 is 44.9 Å². The monoisotopic (exact) mass is 661 g/mol. The predicted octanol–water partition coefficient (Wildman–Crippen LogP) is 3.31. The number of aromatic nitrogens is 5. The summed E-state index contributed by atoms with van der Waals surface area (Å²) < 4.78 is 35.1. The van der Waals surface area contributed by atoms with Crippen LogP contribution in [0.5, 0.6) is 5.88 Å². The molecule has 0 saturated carbocycles. The van der Waals surface area contributed by atoms with Gasteiger partial charge in [-0.3, -0.25) is 4.55 Å². The number of azo groups is 1. The van der Waals surface area contributed by atoms with E-state index in [1.807, 2.05) is 42.2 Å². The SMILES string of the molecule is CCN(c1ccccc1)c1nc(Cl)nc(Nc2ccc(S(=O)(=O)O)c(N=Nc3c(C)nn(-c4ccccc4Cl)c3[O-])c2)n1.[Na+]. The summed E-state index contributed by atoms with van der Waals surface area (Å²) in [5.41, 5.74) is 1.27. The largest absolute Gasteiger partial charge is 1.00 e. The van der Waals surface area contributed by atoms with Crippen molar-refractivity contribution >= 4 is 68.0 Å². The van der Waals surface area contributed by atoms with Gasteiger partial charge in [0.1, 0.15) is 16.3 Å². The molecule has 0 aliphatic rings. The first-order valence-corrected chi connectivity index (χ1v) is 14.8. The van der Waals surface area contributed by atoms with E-state index >= 15 is 0 Å². The van der Waals surface area contributed by atoms with Crippen molar-refractivity contribution in [3.05, 3.63) is 88.8 Å². The van der Waals surface area contributed by atoms with Gasteiger partial charge in [0.15, 0.2) is 0 Å². The number of nitrogens with one attached hydrogen (secondary N) is 1. The number of hydrogen-bond acceptors (Lipinski definition) is 11. The number of rotatable bonds is 9. The molecule has 0 fully saturated rings. The number of halogens is 2. The second-order valence-corrected chi connectivity index (χ2v) is 11.0. The zero-order valence-corrected chi connectivity index (χ0v) is 27.9. The fourth-order valence-electron chi connectivity index (χ4n) is 4.09. The van der Waals surface area contributed by atoms with Gasteiger partial charge < -0.3 is 15.3 Å². The van der Waals surface area contributed by atoms with E-state index in [2.05, 4.69) is 35.6 Å². The average Bonchev–Trinajstić information content (AvgIpc) is 3.24. The van der Waals surface area contributed by atoms with Crippen LogP contribution in [0, 0.1) is 6.92 Å². The Morgan fingerprint density at radius 1 is 1.00 bits per heavy atom. The van der Waals surface area contributed by atoms with E-state index < -0.39 is 20.9 Å². The standard InChI is InChI=1S/C27H23Cl2N9O4S.Na/c1-3-37(18-9-5-4-6-10-18)27-32-25(29)31-26(33-27)30-17-13-14-22(43(40,41)42)20(15-17)34-35-23-16(2)36-38(24(23)39)21-12-8-7-11-19(21)28;/h4-15,39H,3H2,1-2H3,(H,40,41,42)(H,30,31,32,33);/q;+1/p-1. The third-order valence-electron chi connectivity index (χ3n) is 6.04. The van der Waals surface area contributed by atoms with Gasteiger partial charge in [-0.05, 0) is 67.9 Å². The Morgan fingerprint density at radius 2 is 1.70 bits per heavy atom. The summed E-state index contributed by atoms with van der Waals surface area (Å²) in [6.07, 6.45) is 0. The smallest absolute Gasteiger partial charge is 0.857 e. The molecule has 0 radical (unpaired) electrons. The van der Waals surface area contributed by atoms with Crippen LogP contribution in [0.4, 0.5) is 34.6 Å². The van der Waals surface area contributed by atoms with Crippen molar-refractivity contribution in [1.29, 1.82) is 0 Å². The summed E-state index contributed by atoms with van der Waals surface area (Å²) in [6.45, 7) is 4.00. The van der Waals surface area contributed by atoms with Crippen LogP contribution in [0.15, 0.2) is 87.9 Å². The molecule has 17 heteroatoms. The maximum atomic E-state index is 13.1. The van der Waals surface area contributed by atoms with Gasteiger partial charge in [0.25, 0.3) is 10.1 Å². The third kappa shape index (κ3) is 7.35. The Morgan fingerprint density at radius 3 is 2.39 bits per heavy atom. The van der Waals surface area contributed by atoms with Gasteiger partial charge in [-0.15, -0.1) is 10.2 Å². The topological polar surface area (TPSA) is 174 Å². The Balaban J connectivity index is 0.00000442. The third-order valence-corrected chi connectivity index (χ3v) is 7.43. The Bertz CT molecular complexity index is 1940. The zero-order valence-electron chi connectivity index (χ0n) is 23.5. The molecule has 0 spiro atoms. The van der Waals surface area contributed by atoms with Crippen molar-refractivity contribution in [3.63, 3.8) is 0 Å². The predicted molar refractivity (Wildman–Crippen MR) is 160 cm³/mol. The molecule has 2 N–H and O–H groups in total. The van der Waals surface area contributed by atoms with Crippen molar-refractivity contribution < 1.29 is 47.6 Å². The summed E-state index contributed by atoms with van der Waals surface area (Å²) in [6, 6.07) is 19.8. The molecule has 220 valence electrons. The molecule has 2 aromatic heterocycles. The molecule has 5 aromatic rings. The van der Waals surface area contributed by atoms with Crippen molar-refractivity contribution in [2.75, 3.05) is 16.8 Å². The summed E-state index contributed by atoms with van der Waals surface area (Å²) in [4.78, 5) is 14.1. The normalized spacial score (nSPS) is 11.4. The van der Waals surface area contributed by atoms with Crippen molar-refractivity contribution in [2.24, 2.45) is 10.2 Å². The Labute approximate surface area is 284 Å². The molecular weight excluding hydrogens is 640 g/mol. The molecule has 0 amide bonds. The summed E-state index contributed by atoms with van der Waals surface area (Å²) in [5, 5.41) is 28.4. The molecule has 0 saturated heterocycles.